The molecule has 1 N–H and O–H groups in total. The van der Waals surface area contributed by atoms with Crippen molar-refractivity contribution in [3.63, 3.8) is 0 Å². The van der Waals surface area contributed by atoms with Crippen molar-refractivity contribution < 1.29 is 0 Å². The smallest absolute Gasteiger partial charge is 0.149 e. The van der Waals surface area contributed by atoms with Crippen LogP contribution in [-0.2, 0) is 0 Å². The predicted molar refractivity (Wildman–Crippen MR) is 80.9 cm³/mol. The fourth-order valence-electron chi connectivity index (χ4n) is 2.10. The molecule has 0 bridgehead atoms. The quantitative estimate of drug-likeness (QED) is 0.770. The molecule has 0 aliphatic rings. The van der Waals surface area contributed by atoms with E-state index in [1.54, 1.807) is 24.3 Å². The van der Waals surface area contributed by atoms with Gasteiger partial charge in [0.05, 0.1) is 22.7 Å². The van der Waals surface area contributed by atoms with Gasteiger partial charge in [-0.2, -0.15) is 10.5 Å². The van der Waals surface area contributed by atoms with Crippen molar-refractivity contribution in [2.24, 2.45) is 0 Å². The van der Waals surface area contributed by atoms with E-state index in [9.17, 15) is 5.26 Å². The van der Waals surface area contributed by atoms with Crippen LogP contribution in [0, 0.1) is 22.7 Å². The van der Waals surface area contributed by atoms with E-state index < -0.39 is 0 Å². The Balaban J connectivity index is 2.07. The number of nitrogens with zero attached hydrogens (tertiary/aromatic N) is 3. The summed E-state index contributed by atoms with van der Waals surface area (Å²) in [6.45, 7) is 0. The molecule has 0 atom stereocenters. The van der Waals surface area contributed by atoms with Crippen molar-refractivity contribution in [1.29, 1.82) is 10.5 Å². The summed E-state index contributed by atoms with van der Waals surface area (Å²) in [4.78, 5) is 4.48. The van der Waals surface area contributed by atoms with Crippen molar-refractivity contribution in [3.8, 4) is 12.1 Å². The van der Waals surface area contributed by atoms with Gasteiger partial charge in [0.15, 0.2) is 0 Å². The number of hydrogen-bond acceptors (Lipinski definition) is 4. The van der Waals surface area contributed by atoms with Crippen LogP contribution in [-0.4, -0.2) is 4.98 Å². The van der Waals surface area contributed by atoms with Gasteiger partial charge in [0, 0.05) is 11.1 Å². The summed E-state index contributed by atoms with van der Waals surface area (Å²) in [5, 5.41) is 22.2. The molecule has 0 aliphatic carbocycles. The van der Waals surface area contributed by atoms with Crippen LogP contribution in [0.5, 0.6) is 0 Å². The zero-order valence-electron chi connectivity index (χ0n) is 11.0. The lowest BCUT2D eigenvalue weighted by atomic mass is 10.1. The minimum absolute atomic E-state index is 0.469. The van der Waals surface area contributed by atoms with E-state index in [4.69, 9.17) is 5.26 Å². The highest BCUT2D eigenvalue weighted by molar-refractivity contribution is 5.83. The van der Waals surface area contributed by atoms with Gasteiger partial charge in [-0.05, 0) is 30.3 Å². The van der Waals surface area contributed by atoms with E-state index >= 15 is 0 Å². The molecule has 3 aromatic rings. The number of nitrogens with one attached hydrogen (secondary N) is 1. The van der Waals surface area contributed by atoms with Crippen molar-refractivity contribution in [2.75, 3.05) is 5.32 Å². The second-order valence-electron chi connectivity index (χ2n) is 4.51. The summed E-state index contributed by atoms with van der Waals surface area (Å²) in [5.74, 6) is 0.492. The molecular formula is C17H10N4. The molecule has 98 valence electrons. The highest BCUT2D eigenvalue weighted by atomic mass is 15.0. The van der Waals surface area contributed by atoms with E-state index in [-0.39, 0.29) is 0 Å². The van der Waals surface area contributed by atoms with Gasteiger partial charge in [0.25, 0.3) is 0 Å². The maximum atomic E-state index is 9.27. The van der Waals surface area contributed by atoms with E-state index in [0.717, 1.165) is 16.6 Å². The summed E-state index contributed by atoms with van der Waals surface area (Å²) < 4.78 is 0. The Morgan fingerprint density at radius 1 is 0.905 bits per heavy atom. The first-order valence-electron chi connectivity index (χ1n) is 6.37. The fourth-order valence-corrected chi connectivity index (χ4v) is 2.10. The number of nitriles is 2. The van der Waals surface area contributed by atoms with Gasteiger partial charge < -0.3 is 5.32 Å². The van der Waals surface area contributed by atoms with Crippen LogP contribution < -0.4 is 5.32 Å². The number of benzene rings is 2. The van der Waals surface area contributed by atoms with E-state index in [2.05, 4.69) is 22.4 Å². The molecule has 2 aromatic carbocycles. The molecule has 3 rings (SSSR count). The SMILES string of the molecule is N#Cc1cccc(Nc2nc3ccccc3cc2C#N)c1. The molecule has 21 heavy (non-hydrogen) atoms. The molecule has 0 spiro atoms. The van der Waals surface area contributed by atoms with Crippen molar-refractivity contribution >= 4 is 22.4 Å². The molecule has 1 aromatic heterocycles. The average molecular weight is 270 g/mol. The van der Waals surface area contributed by atoms with Crippen LogP contribution in [0.25, 0.3) is 10.9 Å². The van der Waals surface area contributed by atoms with Crippen LogP contribution in [0.4, 0.5) is 11.5 Å². The second kappa shape index (κ2) is 5.32. The molecular weight excluding hydrogens is 260 g/mol. The molecule has 0 fully saturated rings. The predicted octanol–water partition coefficient (Wildman–Crippen LogP) is 3.72. The van der Waals surface area contributed by atoms with Gasteiger partial charge in [-0.3, -0.25) is 0 Å². The Kier molecular flexibility index (Phi) is 3.21. The monoisotopic (exact) mass is 270 g/mol. The Bertz CT molecular complexity index is 901. The fraction of sp³-hybridized carbons (Fsp3) is 0. The summed E-state index contributed by atoms with van der Waals surface area (Å²) >= 11 is 0. The summed E-state index contributed by atoms with van der Waals surface area (Å²) in [7, 11) is 0. The van der Waals surface area contributed by atoms with Gasteiger partial charge in [-0.15, -0.1) is 0 Å². The first-order valence-corrected chi connectivity index (χ1v) is 6.37. The Hall–Kier alpha value is -3.37. The number of anilines is 2. The Morgan fingerprint density at radius 2 is 1.76 bits per heavy atom. The van der Waals surface area contributed by atoms with Crippen LogP contribution in [0.2, 0.25) is 0 Å². The minimum atomic E-state index is 0.469. The van der Waals surface area contributed by atoms with E-state index in [1.165, 1.54) is 0 Å². The largest absolute Gasteiger partial charge is 0.339 e. The highest BCUT2D eigenvalue weighted by Crippen LogP contribution is 2.23. The van der Waals surface area contributed by atoms with Crippen LogP contribution >= 0.6 is 0 Å². The lowest BCUT2D eigenvalue weighted by molar-refractivity contribution is 1.34. The maximum absolute atomic E-state index is 9.27. The van der Waals surface area contributed by atoms with Gasteiger partial charge in [0.2, 0.25) is 0 Å². The number of fused-ring (bicyclic) bond motifs is 1. The number of para-hydroxylation sites is 1. The molecule has 0 unspecified atom stereocenters. The minimum Gasteiger partial charge on any atom is -0.339 e. The molecule has 4 nitrogen and oxygen atoms in total. The lowest BCUT2D eigenvalue weighted by Gasteiger charge is -2.09. The maximum Gasteiger partial charge on any atom is 0.149 e. The number of pyridine rings is 1. The molecule has 4 heteroatoms. The zero-order valence-corrected chi connectivity index (χ0v) is 11.0. The Labute approximate surface area is 121 Å². The van der Waals surface area contributed by atoms with Crippen molar-refractivity contribution in [1.82, 2.24) is 4.98 Å². The number of hydrogen-bond donors (Lipinski definition) is 1. The first kappa shape index (κ1) is 12.7. The standard InChI is InChI=1S/C17H10N4/c18-10-12-4-3-6-15(8-12)20-17-14(11-19)9-13-5-1-2-7-16(13)21-17/h1-9H,(H,20,21). The highest BCUT2D eigenvalue weighted by Gasteiger charge is 2.07. The molecule has 0 amide bonds. The van der Waals surface area contributed by atoms with Crippen LogP contribution in [0.15, 0.2) is 54.6 Å². The zero-order chi connectivity index (χ0) is 14.7. The van der Waals surface area contributed by atoms with E-state index in [1.807, 2.05) is 30.3 Å². The summed E-state index contributed by atoms with van der Waals surface area (Å²) in [5.41, 5.74) is 2.57. The normalized spacial score (nSPS) is 9.81. The molecule has 0 radical (unpaired) electrons. The van der Waals surface area contributed by atoms with Crippen molar-refractivity contribution in [3.05, 3.63) is 65.7 Å². The van der Waals surface area contributed by atoms with Gasteiger partial charge >= 0.3 is 0 Å². The lowest BCUT2D eigenvalue weighted by Crippen LogP contribution is -1.98. The van der Waals surface area contributed by atoms with Gasteiger partial charge in [-0.25, -0.2) is 4.98 Å². The summed E-state index contributed by atoms with van der Waals surface area (Å²) in [6.07, 6.45) is 0. The third-order valence-corrected chi connectivity index (χ3v) is 3.10. The van der Waals surface area contributed by atoms with Gasteiger partial charge in [-0.1, -0.05) is 24.3 Å². The number of aromatic nitrogens is 1. The molecule has 0 saturated carbocycles. The topological polar surface area (TPSA) is 72.5 Å². The van der Waals surface area contributed by atoms with Crippen molar-refractivity contribution in [2.45, 2.75) is 0 Å². The first-order chi connectivity index (χ1) is 10.3. The molecule has 1 heterocycles. The second-order valence-corrected chi connectivity index (χ2v) is 4.51. The Morgan fingerprint density at radius 3 is 2.57 bits per heavy atom. The van der Waals surface area contributed by atoms with Crippen LogP contribution in [0.1, 0.15) is 11.1 Å². The summed E-state index contributed by atoms with van der Waals surface area (Å²) in [6, 6.07) is 20.7. The third-order valence-electron chi connectivity index (χ3n) is 3.10. The van der Waals surface area contributed by atoms with E-state index in [0.29, 0.717) is 16.9 Å². The molecule has 0 saturated heterocycles. The number of rotatable bonds is 2. The average Bonchev–Trinajstić information content (AvgIpc) is 2.54. The molecule has 0 aliphatic heterocycles. The third kappa shape index (κ3) is 2.51. The van der Waals surface area contributed by atoms with Gasteiger partial charge in [0.1, 0.15) is 11.9 Å². The van der Waals surface area contributed by atoms with Crippen LogP contribution in [0.3, 0.4) is 0 Å².